The molecule has 1 heterocycles. The van der Waals surface area contributed by atoms with Crippen LogP contribution in [0.4, 0.5) is 0 Å². The van der Waals surface area contributed by atoms with Gasteiger partial charge in [0.15, 0.2) is 5.75 Å². The maximum absolute atomic E-state index is 11.1. The van der Waals surface area contributed by atoms with Crippen LogP contribution in [0.1, 0.15) is 11.3 Å². The fourth-order valence-corrected chi connectivity index (χ4v) is 1.38. The predicted octanol–water partition coefficient (Wildman–Crippen LogP) is 3.17. The van der Waals surface area contributed by atoms with E-state index in [1.807, 2.05) is 12.1 Å². The van der Waals surface area contributed by atoms with Crippen molar-refractivity contribution >= 4 is 23.8 Å². The van der Waals surface area contributed by atoms with Gasteiger partial charge < -0.3 is 9.52 Å². The van der Waals surface area contributed by atoms with Crippen molar-refractivity contribution in [2.75, 3.05) is 0 Å². The summed E-state index contributed by atoms with van der Waals surface area (Å²) >= 11 is 5.76. The lowest BCUT2D eigenvalue weighted by molar-refractivity contribution is 0.427. The monoisotopic (exact) mass is 248 g/mol. The van der Waals surface area contributed by atoms with E-state index >= 15 is 0 Å². The highest BCUT2D eigenvalue weighted by atomic mass is 35.5. The maximum atomic E-state index is 11.1. The van der Waals surface area contributed by atoms with Crippen LogP contribution in [-0.2, 0) is 0 Å². The van der Waals surface area contributed by atoms with Gasteiger partial charge in [-0.05, 0) is 23.8 Å². The van der Waals surface area contributed by atoms with Gasteiger partial charge in [-0.1, -0.05) is 29.8 Å². The summed E-state index contributed by atoms with van der Waals surface area (Å²) in [7, 11) is 0. The summed E-state index contributed by atoms with van der Waals surface area (Å²) in [6.07, 6.45) is 4.44. The van der Waals surface area contributed by atoms with Crippen LogP contribution < -0.4 is 5.43 Å². The van der Waals surface area contributed by atoms with Crippen molar-refractivity contribution < 1.29 is 9.52 Å². The molecule has 0 aliphatic heterocycles. The first-order valence-electron chi connectivity index (χ1n) is 4.90. The average Bonchev–Trinajstić information content (AvgIpc) is 2.33. The Balaban J connectivity index is 2.23. The molecule has 0 atom stereocenters. The summed E-state index contributed by atoms with van der Waals surface area (Å²) in [5.74, 6) is -0.0172. The lowest BCUT2D eigenvalue weighted by Gasteiger charge is -1.95. The van der Waals surface area contributed by atoms with E-state index in [1.54, 1.807) is 24.3 Å². The maximum Gasteiger partial charge on any atom is 0.227 e. The molecule has 0 radical (unpaired) electrons. The fraction of sp³-hybridized carbons (Fsp3) is 0. The zero-order chi connectivity index (χ0) is 12.3. The Kier molecular flexibility index (Phi) is 3.30. The molecule has 0 amide bonds. The fourth-order valence-electron chi connectivity index (χ4n) is 1.26. The van der Waals surface area contributed by atoms with Crippen LogP contribution in [0.2, 0.25) is 5.02 Å². The number of benzene rings is 1. The molecule has 4 heteroatoms. The lowest BCUT2D eigenvalue weighted by Crippen LogP contribution is -1.97. The molecule has 1 aromatic carbocycles. The largest absolute Gasteiger partial charge is 0.502 e. The van der Waals surface area contributed by atoms with E-state index in [0.717, 1.165) is 11.8 Å². The van der Waals surface area contributed by atoms with Gasteiger partial charge in [-0.25, -0.2) is 0 Å². The molecule has 2 rings (SSSR count). The molecule has 86 valence electrons. The predicted molar refractivity (Wildman–Crippen MR) is 67.0 cm³/mol. The minimum absolute atomic E-state index is 0.378. The zero-order valence-electron chi connectivity index (χ0n) is 8.76. The molecule has 3 nitrogen and oxygen atoms in total. The molecule has 0 unspecified atom stereocenters. The Labute approximate surface area is 103 Å². The van der Waals surface area contributed by atoms with E-state index in [1.165, 1.54) is 6.07 Å². The number of rotatable bonds is 2. The molecule has 1 aromatic heterocycles. The minimum Gasteiger partial charge on any atom is -0.502 e. The molecular formula is C13H9ClO3. The summed E-state index contributed by atoms with van der Waals surface area (Å²) in [4.78, 5) is 11.1. The topological polar surface area (TPSA) is 50.4 Å². The second-order valence-electron chi connectivity index (χ2n) is 3.42. The number of hydrogen-bond acceptors (Lipinski definition) is 3. The van der Waals surface area contributed by atoms with Crippen molar-refractivity contribution in [2.24, 2.45) is 0 Å². The molecule has 0 bridgehead atoms. The highest BCUT2D eigenvalue weighted by Crippen LogP contribution is 2.12. The molecular weight excluding hydrogens is 240 g/mol. The second-order valence-corrected chi connectivity index (χ2v) is 3.85. The van der Waals surface area contributed by atoms with Crippen LogP contribution in [0.5, 0.6) is 5.75 Å². The standard InChI is InChI=1S/C13H9ClO3/c14-10-4-1-9(2-5-10)3-6-11-7-12(15)13(16)8-17-11/h1-8,16H/b6-3+. The Morgan fingerprint density at radius 1 is 1.18 bits per heavy atom. The Morgan fingerprint density at radius 3 is 2.53 bits per heavy atom. The van der Waals surface area contributed by atoms with Crippen molar-refractivity contribution in [3.05, 3.63) is 63.2 Å². The molecule has 17 heavy (non-hydrogen) atoms. The Hall–Kier alpha value is -2.00. The summed E-state index contributed by atoms with van der Waals surface area (Å²) in [6, 6.07) is 8.46. The first kappa shape index (κ1) is 11.5. The Morgan fingerprint density at radius 2 is 1.88 bits per heavy atom. The number of hydrogen-bond donors (Lipinski definition) is 1. The minimum atomic E-state index is -0.466. The third kappa shape index (κ3) is 2.98. The van der Waals surface area contributed by atoms with Gasteiger partial charge >= 0.3 is 0 Å². The third-order valence-electron chi connectivity index (χ3n) is 2.14. The van der Waals surface area contributed by atoms with Gasteiger partial charge in [0.2, 0.25) is 5.43 Å². The normalized spacial score (nSPS) is 10.9. The molecule has 0 saturated carbocycles. The quantitative estimate of drug-likeness (QED) is 0.888. The SMILES string of the molecule is O=c1cc(/C=C/c2ccc(Cl)cc2)occ1O. The molecule has 0 fully saturated rings. The second kappa shape index (κ2) is 4.89. The van der Waals surface area contributed by atoms with Crippen molar-refractivity contribution in [3.63, 3.8) is 0 Å². The van der Waals surface area contributed by atoms with Crippen molar-refractivity contribution in [1.29, 1.82) is 0 Å². The average molecular weight is 249 g/mol. The highest BCUT2D eigenvalue weighted by Gasteiger charge is 1.98. The van der Waals surface area contributed by atoms with Crippen LogP contribution in [0.3, 0.4) is 0 Å². The summed E-state index contributed by atoms with van der Waals surface area (Å²) in [5.41, 5.74) is 0.470. The zero-order valence-corrected chi connectivity index (χ0v) is 9.52. The highest BCUT2D eigenvalue weighted by molar-refractivity contribution is 6.30. The summed E-state index contributed by atoms with van der Waals surface area (Å²) < 4.78 is 5.02. The van der Waals surface area contributed by atoms with Gasteiger partial charge in [-0.2, -0.15) is 0 Å². The van der Waals surface area contributed by atoms with Gasteiger partial charge in [0, 0.05) is 11.1 Å². The number of halogens is 1. The third-order valence-corrected chi connectivity index (χ3v) is 2.39. The molecule has 0 spiro atoms. The van der Waals surface area contributed by atoms with Crippen molar-refractivity contribution in [2.45, 2.75) is 0 Å². The molecule has 0 aliphatic carbocycles. The van der Waals surface area contributed by atoms with Crippen molar-refractivity contribution in [3.8, 4) is 5.75 Å². The number of aromatic hydroxyl groups is 1. The smallest absolute Gasteiger partial charge is 0.227 e. The van der Waals surface area contributed by atoms with Crippen LogP contribution >= 0.6 is 11.6 Å². The summed E-state index contributed by atoms with van der Waals surface area (Å²) in [6.45, 7) is 0. The first-order chi connectivity index (χ1) is 8.15. The molecule has 2 aromatic rings. The van der Waals surface area contributed by atoms with E-state index in [0.29, 0.717) is 10.8 Å². The van der Waals surface area contributed by atoms with Gasteiger partial charge in [-0.3, -0.25) is 4.79 Å². The first-order valence-corrected chi connectivity index (χ1v) is 5.28. The lowest BCUT2D eigenvalue weighted by atomic mass is 10.2. The van der Waals surface area contributed by atoms with Crippen molar-refractivity contribution in [1.82, 2.24) is 0 Å². The molecule has 0 saturated heterocycles. The van der Waals surface area contributed by atoms with Crippen LogP contribution in [0.15, 0.2) is 45.8 Å². The molecule has 0 aliphatic rings. The van der Waals surface area contributed by atoms with E-state index < -0.39 is 11.2 Å². The van der Waals surface area contributed by atoms with Gasteiger partial charge in [-0.15, -0.1) is 0 Å². The van der Waals surface area contributed by atoms with Crippen LogP contribution in [0, 0.1) is 0 Å². The van der Waals surface area contributed by atoms with E-state index in [9.17, 15) is 4.79 Å². The van der Waals surface area contributed by atoms with Crippen LogP contribution in [0.25, 0.3) is 12.2 Å². The van der Waals surface area contributed by atoms with Gasteiger partial charge in [0.1, 0.15) is 12.0 Å². The van der Waals surface area contributed by atoms with E-state index in [-0.39, 0.29) is 0 Å². The van der Waals surface area contributed by atoms with E-state index in [2.05, 4.69) is 0 Å². The molecule has 1 N–H and O–H groups in total. The van der Waals surface area contributed by atoms with Gasteiger partial charge in [0.25, 0.3) is 0 Å². The van der Waals surface area contributed by atoms with E-state index in [4.69, 9.17) is 21.1 Å². The summed E-state index contributed by atoms with van der Waals surface area (Å²) in [5, 5.41) is 9.68. The van der Waals surface area contributed by atoms with Gasteiger partial charge in [0.05, 0.1) is 0 Å². The van der Waals surface area contributed by atoms with Crippen LogP contribution in [-0.4, -0.2) is 5.11 Å². The Bertz CT molecular complexity index is 597.